The van der Waals surface area contributed by atoms with Gasteiger partial charge in [-0.2, -0.15) is 0 Å². The number of primary amides is 1. The van der Waals surface area contributed by atoms with Gasteiger partial charge < -0.3 is 10.5 Å². The molecule has 0 spiro atoms. The number of carbonyl (C=O) groups excluding carboxylic acids is 4. The van der Waals surface area contributed by atoms with Crippen LogP contribution in [0.4, 0.5) is 25.4 Å². The predicted octanol–water partition coefficient (Wildman–Crippen LogP) is 5.69. The molecule has 1 heterocycles. The summed E-state index contributed by atoms with van der Waals surface area (Å²) < 4.78 is 19.1. The standard InChI is InChI=1S/C33H37FN4O5/c1-22(39)26-5-3-7-29(18-26)36-33(42)43-31(21-38(32(35)41)30-8-4-6-27(19-30)23(2)40)20-37-15-13-25(14-16-37)17-24-9-11-28(34)12-10-24/h3-12,18-19,25,31H,13-17,20-21H2,1-2H3,(H2,35,41)(H,36,42)/t31-/m1/s1. The number of hydrogen-bond donors (Lipinski definition) is 2. The number of likely N-dealkylation sites (tertiary alicyclic amines) is 1. The van der Waals surface area contributed by atoms with Crippen molar-refractivity contribution in [3.63, 3.8) is 0 Å². The van der Waals surface area contributed by atoms with Crippen molar-refractivity contribution >= 4 is 35.1 Å². The highest BCUT2D eigenvalue weighted by molar-refractivity contribution is 5.97. The highest BCUT2D eigenvalue weighted by Gasteiger charge is 2.27. The first-order valence-electron chi connectivity index (χ1n) is 14.3. The van der Waals surface area contributed by atoms with E-state index in [0.717, 1.165) is 37.9 Å². The first-order valence-corrected chi connectivity index (χ1v) is 14.3. The van der Waals surface area contributed by atoms with E-state index >= 15 is 0 Å². The monoisotopic (exact) mass is 588 g/mol. The molecule has 3 aromatic rings. The maximum Gasteiger partial charge on any atom is 0.412 e. The Morgan fingerprint density at radius 2 is 1.58 bits per heavy atom. The zero-order valence-corrected chi connectivity index (χ0v) is 24.4. The summed E-state index contributed by atoms with van der Waals surface area (Å²) in [5.74, 6) is -0.107. The SMILES string of the molecule is CC(=O)c1cccc(NC(=O)O[C@H](CN2CCC(Cc3ccc(F)cc3)CC2)CN(C(N)=O)c2cccc(C(C)=O)c2)c1. The fraction of sp³-hybridized carbons (Fsp3) is 0.333. The van der Waals surface area contributed by atoms with E-state index in [-0.39, 0.29) is 23.9 Å². The zero-order valence-electron chi connectivity index (χ0n) is 24.4. The van der Waals surface area contributed by atoms with E-state index in [1.54, 1.807) is 48.5 Å². The minimum Gasteiger partial charge on any atom is -0.443 e. The number of carbonyl (C=O) groups is 4. The van der Waals surface area contributed by atoms with Crippen LogP contribution in [0.3, 0.4) is 0 Å². The average molecular weight is 589 g/mol. The van der Waals surface area contributed by atoms with Crippen LogP contribution in [0.15, 0.2) is 72.8 Å². The normalized spacial score (nSPS) is 14.5. The van der Waals surface area contributed by atoms with Crippen molar-refractivity contribution in [3.8, 4) is 0 Å². The molecule has 3 aromatic carbocycles. The van der Waals surface area contributed by atoms with Gasteiger partial charge in [-0.05, 0) is 94.1 Å². The molecule has 3 N–H and O–H groups in total. The topological polar surface area (TPSA) is 122 Å². The summed E-state index contributed by atoms with van der Waals surface area (Å²) in [6, 6.07) is 18.9. The molecular formula is C33H37FN4O5. The Labute approximate surface area is 250 Å². The van der Waals surface area contributed by atoms with Gasteiger partial charge >= 0.3 is 12.1 Å². The van der Waals surface area contributed by atoms with E-state index in [0.29, 0.717) is 35.0 Å². The van der Waals surface area contributed by atoms with Gasteiger partial charge in [-0.15, -0.1) is 0 Å². The molecule has 1 atom stereocenters. The van der Waals surface area contributed by atoms with Crippen molar-refractivity contribution in [1.29, 1.82) is 0 Å². The van der Waals surface area contributed by atoms with E-state index in [2.05, 4.69) is 10.2 Å². The van der Waals surface area contributed by atoms with Crippen LogP contribution in [0.5, 0.6) is 0 Å². The molecule has 3 amide bonds. The minimum absolute atomic E-state index is 0.0346. The van der Waals surface area contributed by atoms with Gasteiger partial charge in [-0.25, -0.2) is 14.0 Å². The summed E-state index contributed by atoms with van der Waals surface area (Å²) in [6.45, 7) is 4.70. The van der Waals surface area contributed by atoms with Crippen molar-refractivity contribution in [2.45, 2.75) is 39.2 Å². The number of hydrogen-bond acceptors (Lipinski definition) is 6. The molecule has 1 fully saturated rings. The summed E-state index contributed by atoms with van der Waals surface area (Å²) in [6.07, 6.45) is 1.18. The van der Waals surface area contributed by atoms with Crippen LogP contribution in [-0.4, -0.2) is 60.9 Å². The van der Waals surface area contributed by atoms with Crippen LogP contribution in [0.2, 0.25) is 0 Å². The van der Waals surface area contributed by atoms with E-state index in [1.165, 1.54) is 30.9 Å². The van der Waals surface area contributed by atoms with Crippen LogP contribution < -0.4 is 16.0 Å². The molecule has 0 unspecified atom stereocenters. The van der Waals surface area contributed by atoms with Gasteiger partial charge in [0.15, 0.2) is 11.6 Å². The molecule has 226 valence electrons. The van der Waals surface area contributed by atoms with Crippen LogP contribution >= 0.6 is 0 Å². The Kier molecular flexibility index (Phi) is 10.6. The Morgan fingerprint density at radius 3 is 2.21 bits per heavy atom. The molecule has 10 heteroatoms. The maximum absolute atomic E-state index is 13.3. The third kappa shape index (κ3) is 9.21. The number of piperidine rings is 1. The maximum atomic E-state index is 13.3. The van der Waals surface area contributed by atoms with E-state index in [4.69, 9.17) is 10.5 Å². The lowest BCUT2D eigenvalue weighted by atomic mass is 9.90. The fourth-order valence-corrected chi connectivity index (χ4v) is 5.28. The van der Waals surface area contributed by atoms with Crippen LogP contribution in [0.1, 0.15) is 53.0 Å². The van der Waals surface area contributed by atoms with Crippen molar-refractivity contribution in [1.82, 2.24) is 4.90 Å². The molecule has 0 aromatic heterocycles. The number of benzene rings is 3. The number of rotatable bonds is 11. The van der Waals surface area contributed by atoms with Gasteiger partial charge in [0.1, 0.15) is 11.9 Å². The lowest BCUT2D eigenvalue weighted by molar-refractivity contribution is 0.0704. The Morgan fingerprint density at radius 1 is 0.953 bits per heavy atom. The second-order valence-corrected chi connectivity index (χ2v) is 10.9. The third-order valence-electron chi connectivity index (χ3n) is 7.61. The van der Waals surface area contributed by atoms with Crippen LogP contribution in [0, 0.1) is 11.7 Å². The minimum atomic E-state index is -0.766. The highest BCUT2D eigenvalue weighted by atomic mass is 19.1. The van der Waals surface area contributed by atoms with E-state index < -0.39 is 18.2 Å². The summed E-state index contributed by atoms with van der Waals surface area (Å²) in [4.78, 5) is 52.8. The number of nitrogens with zero attached hydrogens (tertiary/aromatic N) is 2. The first kappa shape index (κ1) is 31.4. The predicted molar refractivity (Wildman–Crippen MR) is 163 cm³/mol. The molecule has 0 bridgehead atoms. The van der Waals surface area contributed by atoms with E-state index in [1.807, 2.05) is 12.1 Å². The Balaban J connectivity index is 1.47. The number of Topliss-reactive ketones (excluding diaryl/α,β-unsaturated/α-hetero) is 2. The van der Waals surface area contributed by atoms with Gasteiger partial charge in [0, 0.05) is 29.0 Å². The Bertz CT molecular complexity index is 1450. The van der Waals surface area contributed by atoms with Crippen molar-refractivity contribution in [2.75, 3.05) is 36.4 Å². The van der Waals surface area contributed by atoms with Crippen molar-refractivity contribution in [2.24, 2.45) is 11.7 Å². The van der Waals surface area contributed by atoms with Gasteiger partial charge in [0.05, 0.1) is 6.54 Å². The molecule has 1 aliphatic rings. The molecule has 0 radical (unpaired) electrons. The average Bonchev–Trinajstić information content (AvgIpc) is 2.98. The number of ether oxygens (including phenoxy) is 1. The molecule has 43 heavy (non-hydrogen) atoms. The number of urea groups is 1. The molecule has 4 rings (SSSR count). The van der Waals surface area contributed by atoms with Gasteiger partial charge in [0.25, 0.3) is 0 Å². The van der Waals surface area contributed by atoms with Crippen LogP contribution in [0.25, 0.3) is 0 Å². The summed E-state index contributed by atoms with van der Waals surface area (Å²) >= 11 is 0. The molecule has 1 aliphatic heterocycles. The number of ketones is 2. The largest absolute Gasteiger partial charge is 0.443 e. The van der Waals surface area contributed by atoms with Crippen LogP contribution in [-0.2, 0) is 11.2 Å². The smallest absolute Gasteiger partial charge is 0.412 e. The van der Waals surface area contributed by atoms with Gasteiger partial charge in [0.2, 0.25) is 0 Å². The van der Waals surface area contributed by atoms with Crippen molar-refractivity contribution < 1.29 is 28.3 Å². The lowest BCUT2D eigenvalue weighted by Crippen LogP contribution is -2.48. The number of nitrogens with one attached hydrogen (secondary N) is 1. The molecule has 0 aliphatic carbocycles. The summed E-state index contributed by atoms with van der Waals surface area (Å²) in [5.41, 5.74) is 8.54. The first-order chi connectivity index (χ1) is 20.6. The second-order valence-electron chi connectivity index (χ2n) is 10.9. The number of anilines is 2. The zero-order chi connectivity index (χ0) is 30.9. The molecule has 0 saturated carbocycles. The molecule has 1 saturated heterocycles. The highest BCUT2D eigenvalue weighted by Crippen LogP contribution is 2.24. The molecular weight excluding hydrogens is 551 g/mol. The number of halogens is 1. The summed E-state index contributed by atoms with van der Waals surface area (Å²) in [7, 11) is 0. The third-order valence-corrected chi connectivity index (χ3v) is 7.61. The fourth-order valence-electron chi connectivity index (χ4n) is 5.28. The Hall–Kier alpha value is -4.57. The lowest BCUT2D eigenvalue weighted by Gasteiger charge is -2.35. The van der Waals surface area contributed by atoms with Gasteiger partial charge in [-0.1, -0.05) is 36.4 Å². The number of amides is 3. The van der Waals surface area contributed by atoms with Crippen molar-refractivity contribution in [3.05, 3.63) is 95.3 Å². The second kappa shape index (κ2) is 14.6. The van der Waals surface area contributed by atoms with E-state index in [9.17, 15) is 23.6 Å². The summed E-state index contributed by atoms with van der Waals surface area (Å²) in [5, 5.41) is 2.67. The quantitative estimate of drug-likeness (QED) is 0.278. The number of nitrogens with two attached hydrogens (primary N) is 1. The molecule has 9 nitrogen and oxygen atoms in total. The van der Waals surface area contributed by atoms with Gasteiger partial charge in [-0.3, -0.25) is 24.7 Å².